The highest BCUT2D eigenvalue weighted by Gasteiger charge is 2.16. The molecule has 2 aromatic rings. The zero-order chi connectivity index (χ0) is 14.2. The van der Waals surface area contributed by atoms with Crippen LogP contribution in [0.5, 0.6) is 0 Å². The molecular formula is C17H20BrN. The lowest BCUT2D eigenvalue weighted by atomic mass is 9.92. The quantitative estimate of drug-likeness (QED) is 0.851. The van der Waals surface area contributed by atoms with Crippen LogP contribution >= 0.6 is 15.9 Å². The van der Waals surface area contributed by atoms with Gasteiger partial charge in [0, 0.05) is 4.47 Å². The van der Waals surface area contributed by atoms with Crippen LogP contribution < -0.4 is 5.73 Å². The van der Waals surface area contributed by atoms with Crippen molar-refractivity contribution in [2.24, 2.45) is 5.73 Å². The zero-order valence-corrected chi connectivity index (χ0v) is 13.5. The van der Waals surface area contributed by atoms with Gasteiger partial charge in [0.05, 0.1) is 6.04 Å². The van der Waals surface area contributed by atoms with Gasteiger partial charge in [0.25, 0.3) is 0 Å². The summed E-state index contributed by atoms with van der Waals surface area (Å²) < 4.78 is 1.11. The van der Waals surface area contributed by atoms with Crippen LogP contribution in [0.25, 0.3) is 0 Å². The Bertz CT molecular complexity index is 617. The summed E-state index contributed by atoms with van der Waals surface area (Å²) in [5, 5.41) is 0. The predicted molar refractivity (Wildman–Crippen MR) is 85.6 cm³/mol. The molecule has 1 nitrogen and oxygen atoms in total. The van der Waals surface area contributed by atoms with E-state index in [1.54, 1.807) is 0 Å². The van der Waals surface area contributed by atoms with Crippen LogP contribution in [-0.2, 0) is 0 Å². The second-order valence-electron chi connectivity index (χ2n) is 5.25. The third kappa shape index (κ3) is 2.75. The lowest BCUT2D eigenvalue weighted by Gasteiger charge is -2.19. The third-order valence-electron chi connectivity index (χ3n) is 3.77. The van der Waals surface area contributed by atoms with E-state index in [-0.39, 0.29) is 6.04 Å². The van der Waals surface area contributed by atoms with E-state index in [0.29, 0.717) is 0 Å². The molecule has 0 amide bonds. The van der Waals surface area contributed by atoms with Crippen LogP contribution in [0.1, 0.15) is 39.4 Å². The molecule has 0 heterocycles. The molecule has 0 radical (unpaired) electrons. The van der Waals surface area contributed by atoms with Crippen molar-refractivity contribution < 1.29 is 0 Å². The minimum absolute atomic E-state index is 0.0893. The number of rotatable bonds is 2. The topological polar surface area (TPSA) is 26.0 Å². The molecule has 0 saturated heterocycles. The second-order valence-corrected chi connectivity index (χ2v) is 6.04. The van der Waals surface area contributed by atoms with E-state index in [1.165, 1.54) is 27.8 Å². The summed E-state index contributed by atoms with van der Waals surface area (Å²) >= 11 is 3.66. The second kappa shape index (κ2) is 5.48. The van der Waals surface area contributed by atoms with Gasteiger partial charge < -0.3 is 5.73 Å². The zero-order valence-electron chi connectivity index (χ0n) is 11.9. The Labute approximate surface area is 124 Å². The Hall–Kier alpha value is -1.12. The van der Waals surface area contributed by atoms with Crippen LogP contribution in [0.15, 0.2) is 34.8 Å². The average Bonchev–Trinajstić information content (AvgIpc) is 2.36. The van der Waals surface area contributed by atoms with Crippen LogP contribution in [0.4, 0.5) is 0 Å². The van der Waals surface area contributed by atoms with Crippen molar-refractivity contribution in [3.8, 4) is 0 Å². The minimum atomic E-state index is -0.0893. The maximum absolute atomic E-state index is 6.48. The SMILES string of the molecule is Cc1cc(C)c(C(N)c2cccc(C)c2Br)cc1C. The molecule has 2 N–H and O–H groups in total. The van der Waals surface area contributed by atoms with E-state index >= 15 is 0 Å². The van der Waals surface area contributed by atoms with Crippen LogP contribution in [-0.4, -0.2) is 0 Å². The van der Waals surface area contributed by atoms with Crippen molar-refractivity contribution in [3.63, 3.8) is 0 Å². The normalized spacial score (nSPS) is 12.5. The molecule has 0 fully saturated rings. The van der Waals surface area contributed by atoms with Crippen molar-refractivity contribution >= 4 is 15.9 Å². The van der Waals surface area contributed by atoms with Crippen molar-refractivity contribution in [2.75, 3.05) is 0 Å². The van der Waals surface area contributed by atoms with Crippen molar-refractivity contribution in [2.45, 2.75) is 33.7 Å². The van der Waals surface area contributed by atoms with Gasteiger partial charge in [0.1, 0.15) is 0 Å². The largest absolute Gasteiger partial charge is 0.320 e. The molecule has 0 spiro atoms. The number of nitrogens with two attached hydrogens (primary N) is 1. The molecule has 1 atom stereocenters. The van der Waals surface area contributed by atoms with Crippen LogP contribution in [0.3, 0.4) is 0 Å². The highest BCUT2D eigenvalue weighted by molar-refractivity contribution is 9.10. The van der Waals surface area contributed by atoms with Crippen LogP contribution in [0, 0.1) is 27.7 Å². The molecule has 2 heteroatoms. The van der Waals surface area contributed by atoms with E-state index in [9.17, 15) is 0 Å². The number of halogens is 1. The molecule has 0 aliphatic carbocycles. The van der Waals surface area contributed by atoms with Crippen molar-refractivity contribution in [3.05, 3.63) is 68.2 Å². The first kappa shape index (κ1) is 14.3. The summed E-state index contributed by atoms with van der Waals surface area (Å²) in [6.07, 6.45) is 0. The fourth-order valence-corrected chi connectivity index (χ4v) is 2.91. The Kier molecular flexibility index (Phi) is 4.12. The first-order valence-corrected chi connectivity index (χ1v) is 7.29. The van der Waals surface area contributed by atoms with Crippen molar-refractivity contribution in [1.29, 1.82) is 0 Å². The van der Waals surface area contributed by atoms with Crippen LogP contribution in [0.2, 0.25) is 0 Å². The van der Waals surface area contributed by atoms with E-state index in [0.717, 1.165) is 10.0 Å². The van der Waals surface area contributed by atoms with Gasteiger partial charge in [-0.3, -0.25) is 0 Å². The Morgan fingerprint density at radius 3 is 2.16 bits per heavy atom. The molecular weight excluding hydrogens is 298 g/mol. The summed E-state index contributed by atoms with van der Waals surface area (Å²) in [4.78, 5) is 0. The molecule has 2 aromatic carbocycles. The molecule has 2 rings (SSSR count). The average molecular weight is 318 g/mol. The standard InChI is InChI=1S/C17H20BrN/c1-10-6-5-7-14(16(10)18)17(19)15-9-12(3)11(2)8-13(15)4/h5-9,17H,19H2,1-4H3. The van der Waals surface area contributed by atoms with Gasteiger partial charge in [-0.15, -0.1) is 0 Å². The van der Waals surface area contributed by atoms with Crippen molar-refractivity contribution in [1.82, 2.24) is 0 Å². The summed E-state index contributed by atoms with van der Waals surface area (Å²) in [6.45, 7) is 8.50. The molecule has 0 aromatic heterocycles. The summed E-state index contributed by atoms with van der Waals surface area (Å²) in [5.74, 6) is 0. The number of hydrogen-bond acceptors (Lipinski definition) is 1. The summed E-state index contributed by atoms with van der Waals surface area (Å²) in [5.41, 5.74) is 13.9. The predicted octanol–water partition coefficient (Wildman–Crippen LogP) is 4.73. The first-order valence-electron chi connectivity index (χ1n) is 6.50. The minimum Gasteiger partial charge on any atom is -0.320 e. The van der Waals surface area contributed by atoms with E-state index in [4.69, 9.17) is 5.73 Å². The monoisotopic (exact) mass is 317 g/mol. The fourth-order valence-electron chi connectivity index (χ4n) is 2.40. The fraction of sp³-hybridized carbons (Fsp3) is 0.294. The summed E-state index contributed by atoms with van der Waals surface area (Å²) in [7, 11) is 0. The molecule has 19 heavy (non-hydrogen) atoms. The van der Waals surface area contributed by atoms with Gasteiger partial charge in [-0.1, -0.05) is 46.3 Å². The molecule has 1 unspecified atom stereocenters. The van der Waals surface area contributed by atoms with E-state index in [2.05, 4.69) is 74.0 Å². The van der Waals surface area contributed by atoms with Gasteiger partial charge in [-0.2, -0.15) is 0 Å². The van der Waals surface area contributed by atoms with Gasteiger partial charge in [-0.25, -0.2) is 0 Å². The summed E-state index contributed by atoms with van der Waals surface area (Å²) in [6, 6.07) is 10.6. The maximum atomic E-state index is 6.48. The molecule has 100 valence electrons. The van der Waals surface area contributed by atoms with E-state index < -0.39 is 0 Å². The molecule has 0 aliphatic rings. The van der Waals surface area contributed by atoms with Gasteiger partial charge in [0.15, 0.2) is 0 Å². The van der Waals surface area contributed by atoms with Gasteiger partial charge >= 0.3 is 0 Å². The Balaban J connectivity index is 2.53. The molecule has 0 saturated carbocycles. The van der Waals surface area contributed by atoms with Gasteiger partial charge in [0.2, 0.25) is 0 Å². The highest BCUT2D eigenvalue weighted by Crippen LogP contribution is 2.31. The Morgan fingerprint density at radius 1 is 0.842 bits per heavy atom. The Morgan fingerprint density at radius 2 is 1.47 bits per heavy atom. The van der Waals surface area contributed by atoms with Gasteiger partial charge in [-0.05, 0) is 61.1 Å². The number of hydrogen-bond donors (Lipinski definition) is 1. The first-order chi connectivity index (χ1) is 8.91. The molecule has 0 aliphatic heterocycles. The smallest absolute Gasteiger partial charge is 0.0565 e. The molecule has 0 bridgehead atoms. The lowest BCUT2D eigenvalue weighted by Crippen LogP contribution is -2.14. The number of benzene rings is 2. The lowest BCUT2D eigenvalue weighted by molar-refractivity contribution is 0.851. The highest BCUT2D eigenvalue weighted by atomic mass is 79.9. The maximum Gasteiger partial charge on any atom is 0.0565 e. The van der Waals surface area contributed by atoms with E-state index in [1.807, 2.05) is 0 Å². The number of aryl methyl sites for hydroxylation is 4. The third-order valence-corrected chi connectivity index (χ3v) is 4.86.